The second-order valence-electron chi connectivity index (χ2n) is 6.19. The summed E-state index contributed by atoms with van der Waals surface area (Å²) in [5, 5.41) is 9.97. The lowest BCUT2D eigenvalue weighted by Crippen LogP contribution is -2.46. The van der Waals surface area contributed by atoms with E-state index in [2.05, 4.69) is 4.72 Å². The number of hydrogen-bond donors (Lipinski definition) is 2. The van der Waals surface area contributed by atoms with Gasteiger partial charge in [-0.25, -0.2) is 13.1 Å². The topological polar surface area (TPSA) is 86.7 Å². The van der Waals surface area contributed by atoms with Crippen molar-refractivity contribution in [2.45, 2.75) is 23.8 Å². The third kappa shape index (κ3) is 4.35. The predicted octanol–water partition coefficient (Wildman–Crippen LogP) is 2.63. The first-order valence-electron chi connectivity index (χ1n) is 8.21. The van der Waals surface area contributed by atoms with E-state index in [0.29, 0.717) is 36.5 Å². The zero-order valence-corrected chi connectivity index (χ0v) is 15.5. The molecule has 0 saturated carbocycles. The van der Waals surface area contributed by atoms with Crippen molar-refractivity contribution in [3.8, 4) is 5.75 Å². The van der Waals surface area contributed by atoms with Gasteiger partial charge in [-0.05, 0) is 55.3 Å². The molecule has 0 aromatic heterocycles. The van der Waals surface area contributed by atoms with Crippen molar-refractivity contribution in [2.24, 2.45) is 0 Å². The Morgan fingerprint density at radius 3 is 2.38 bits per heavy atom. The molecule has 8 heteroatoms. The summed E-state index contributed by atoms with van der Waals surface area (Å²) in [5.41, 5.74) is 0.421. The second kappa shape index (κ2) is 7.65. The SMILES string of the molecule is O=C(c1cccc(O)c1)N1CCC(NS(=O)(=O)c2ccc(Cl)cc2)CC1. The third-order valence-corrected chi connectivity index (χ3v) is 6.11. The maximum Gasteiger partial charge on any atom is 0.253 e. The predicted molar refractivity (Wildman–Crippen MR) is 98.8 cm³/mol. The van der Waals surface area contributed by atoms with Crippen molar-refractivity contribution in [3.05, 3.63) is 59.1 Å². The van der Waals surface area contributed by atoms with E-state index in [9.17, 15) is 18.3 Å². The van der Waals surface area contributed by atoms with Gasteiger partial charge in [0.25, 0.3) is 5.91 Å². The first-order chi connectivity index (χ1) is 12.3. The minimum atomic E-state index is -3.62. The number of nitrogens with zero attached hydrogens (tertiary/aromatic N) is 1. The minimum absolute atomic E-state index is 0.0430. The average Bonchev–Trinajstić information content (AvgIpc) is 2.62. The number of piperidine rings is 1. The maximum atomic E-state index is 12.5. The molecule has 1 aliphatic heterocycles. The van der Waals surface area contributed by atoms with Crippen LogP contribution in [-0.2, 0) is 10.0 Å². The van der Waals surface area contributed by atoms with Gasteiger partial charge in [-0.3, -0.25) is 4.79 Å². The van der Waals surface area contributed by atoms with E-state index in [1.807, 2.05) is 0 Å². The molecular weight excluding hydrogens is 376 g/mol. The van der Waals surface area contributed by atoms with Crippen LogP contribution in [0.4, 0.5) is 0 Å². The van der Waals surface area contributed by atoms with Gasteiger partial charge in [0, 0.05) is 29.7 Å². The highest BCUT2D eigenvalue weighted by Gasteiger charge is 2.27. The second-order valence-corrected chi connectivity index (χ2v) is 8.34. The number of rotatable bonds is 4. The minimum Gasteiger partial charge on any atom is -0.508 e. The fraction of sp³-hybridized carbons (Fsp3) is 0.278. The normalized spacial score (nSPS) is 15.8. The van der Waals surface area contributed by atoms with Gasteiger partial charge < -0.3 is 10.0 Å². The fourth-order valence-corrected chi connectivity index (χ4v) is 4.35. The average molecular weight is 395 g/mol. The van der Waals surface area contributed by atoms with Crippen molar-refractivity contribution < 1.29 is 18.3 Å². The van der Waals surface area contributed by atoms with Crippen LogP contribution in [0.25, 0.3) is 0 Å². The number of amides is 1. The molecule has 26 heavy (non-hydrogen) atoms. The number of carbonyl (C=O) groups is 1. The van der Waals surface area contributed by atoms with Gasteiger partial charge in [-0.2, -0.15) is 0 Å². The Kier molecular flexibility index (Phi) is 5.50. The molecule has 1 heterocycles. The molecule has 1 saturated heterocycles. The molecular formula is C18H19ClN2O4S. The maximum absolute atomic E-state index is 12.5. The first kappa shape index (κ1) is 18.7. The van der Waals surface area contributed by atoms with Gasteiger partial charge in [-0.15, -0.1) is 0 Å². The van der Waals surface area contributed by atoms with Crippen LogP contribution in [0.15, 0.2) is 53.4 Å². The quantitative estimate of drug-likeness (QED) is 0.834. The Hall–Kier alpha value is -2.09. The number of phenols is 1. The van der Waals surface area contributed by atoms with Crippen LogP contribution < -0.4 is 4.72 Å². The van der Waals surface area contributed by atoms with Crippen LogP contribution in [-0.4, -0.2) is 43.5 Å². The van der Waals surface area contributed by atoms with Crippen LogP contribution in [0.1, 0.15) is 23.2 Å². The van der Waals surface area contributed by atoms with E-state index in [-0.39, 0.29) is 22.6 Å². The number of carbonyl (C=O) groups excluding carboxylic acids is 1. The van der Waals surface area contributed by atoms with E-state index in [0.717, 1.165) is 0 Å². The van der Waals surface area contributed by atoms with E-state index >= 15 is 0 Å². The summed E-state index contributed by atoms with van der Waals surface area (Å²) in [5.74, 6) is -0.124. The molecule has 1 aliphatic rings. The van der Waals surface area contributed by atoms with Crippen molar-refractivity contribution >= 4 is 27.5 Å². The zero-order valence-electron chi connectivity index (χ0n) is 13.9. The lowest BCUT2D eigenvalue weighted by Gasteiger charge is -2.32. The van der Waals surface area contributed by atoms with Gasteiger partial charge in [0.15, 0.2) is 0 Å². The number of nitrogens with one attached hydrogen (secondary N) is 1. The number of benzene rings is 2. The number of aromatic hydroxyl groups is 1. The van der Waals surface area contributed by atoms with Crippen LogP contribution >= 0.6 is 11.6 Å². The standard InChI is InChI=1S/C18H19ClN2O4S/c19-14-4-6-17(7-5-14)26(24,25)20-15-8-10-21(11-9-15)18(23)13-2-1-3-16(22)12-13/h1-7,12,15,20,22H,8-11H2. The zero-order chi connectivity index (χ0) is 18.7. The van der Waals surface area contributed by atoms with E-state index < -0.39 is 10.0 Å². The van der Waals surface area contributed by atoms with Gasteiger partial charge in [0.1, 0.15) is 5.75 Å². The summed E-state index contributed by atoms with van der Waals surface area (Å²) in [6.45, 7) is 0.893. The molecule has 2 aromatic rings. The number of sulfonamides is 1. The lowest BCUT2D eigenvalue weighted by atomic mass is 10.0. The summed E-state index contributed by atoms with van der Waals surface area (Å²) in [7, 11) is -3.62. The molecule has 0 radical (unpaired) electrons. The summed E-state index contributed by atoms with van der Waals surface area (Å²) in [4.78, 5) is 14.3. The molecule has 2 N–H and O–H groups in total. The largest absolute Gasteiger partial charge is 0.508 e. The molecule has 0 atom stereocenters. The van der Waals surface area contributed by atoms with Crippen molar-refractivity contribution in [1.82, 2.24) is 9.62 Å². The van der Waals surface area contributed by atoms with Gasteiger partial charge in [-0.1, -0.05) is 17.7 Å². The summed E-state index contributed by atoms with van der Waals surface area (Å²) in [6, 6.07) is 12.0. The number of halogens is 1. The summed E-state index contributed by atoms with van der Waals surface area (Å²) >= 11 is 5.79. The highest BCUT2D eigenvalue weighted by atomic mass is 35.5. The Bertz CT molecular complexity index is 892. The van der Waals surface area contributed by atoms with E-state index in [1.165, 1.54) is 36.4 Å². The van der Waals surface area contributed by atoms with Crippen molar-refractivity contribution in [3.63, 3.8) is 0 Å². The molecule has 0 spiro atoms. The monoisotopic (exact) mass is 394 g/mol. The molecule has 138 valence electrons. The van der Waals surface area contributed by atoms with Crippen LogP contribution in [0, 0.1) is 0 Å². The molecule has 2 aromatic carbocycles. The molecule has 3 rings (SSSR count). The Labute approximate surface area is 157 Å². The molecule has 1 amide bonds. The molecule has 0 bridgehead atoms. The smallest absolute Gasteiger partial charge is 0.253 e. The van der Waals surface area contributed by atoms with Gasteiger partial charge in [0.2, 0.25) is 10.0 Å². The van der Waals surface area contributed by atoms with Crippen molar-refractivity contribution in [1.29, 1.82) is 0 Å². The van der Waals surface area contributed by atoms with Crippen LogP contribution in [0.3, 0.4) is 0 Å². The molecule has 1 fully saturated rings. The molecule has 6 nitrogen and oxygen atoms in total. The number of phenolic OH excluding ortho intramolecular Hbond substituents is 1. The van der Waals surface area contributed by atoms with Crippen LogP contribution in [0.5, 0.6) is 5.75 Å². The molecule has 0 unspecified atom stereocenters. The Morgan fingerprint density at radius 2 is 1.77 bits per heavy atom. The van der Waals surface area contributed by atoms with Gasteiger partial charge in [0.05, 0.1) is 4.90 Å². The summed E-state index contributed by atoms with van der Waals surface area (Å²) in [6.07, 6.45) is 1.05. The highest BCUT2D eigenvalue weighted by Crippen LogP contribution is 2.19. The van der Waals surface area contributed by atoms with E-state index in [4.69, 9.17) is 11.6 Å². The van der Waals surface area contributed by atoms with Crippen molar-refractivity contribution in [2.75, 3.05) is 13.1 Å². The fourth-order valence-electron chi connectivity index (χ4n) is 2.92. The number of hydrogen-bond acceptors (Lipinski definition) is 4. The van der Waals surface area contributed by atoms with Crippen LogP contribution in [0.2, 0.25) is 5.02 Å². The Balaban J connectivity index is 1.60. The summed E-state index contributed by atoms with van der Waals surface area (Å²) < 4.78 is 27.5. The first-order valence-corrected chi connectivity index (χ1v) is 10.1. The lowest BCUT2D eigenvalue weighted by molar-refractivity contribution is 0.0711. The van der Waals surface area contributed by atoms with Gasteiger partial charge >= 0.3 is 0 Å². The molecule has 0 aliphatic carbocycles. The third-order valence-electron chi connectivity index (χ3n) is 4.32. The number of likely N-dealkylation sites (tertiary alicyclic amines) is 1. The Morgan fingerprint density at radius 1 is 1.12 bits per heavy atom. The van der Waals surface area contributed by atoms with E-state index in [1.54, 1.807) is 17.0 Å². The highest BCUT2D eigenvalue weighted by molar-refractivity contribution is 7.89.